The number of rotatable bonds is 6. The predicted molar refractivity (Wildman–Crippen MR) is 101 cm³/mol. The maximum Gasteiger partial charge on any atom is 0.316 e. The number of nitrogens with zero attached hydrogens (tertiary/aromatic N) is 4. The number of pyridine rings is 1. The third-order valence-corrected chi connectivity index (χ3v) is 5.01. The van der Waals surface area contributed by atoms with Crippen molar-refractivity contribution < 1.29 is 9.53 Å². The Morgan fingerprint density at radius 1 is 1.27 bits per heavy atom. The molecule has 1 aromatic carbocycles. The minimum absolute atomic E-state index is 0.110. The summed E-state index contributed by atoms with van der Waals surface area (Å²) in [5.74, 6) is -0.249. The van der Waals surface area contributed by atoms with Crippen LogP contribution in [-0.2, 0) is 16.1 Å². The van der Waals surface area contributed by atoms with E-state index in [4.69, 9.17) is 27.9 Å². The molecule has 2 heterocycles. The number of aromatic nitrogens is 4. The molecule has 0 radical (unpaired) electrons. The van der Waals surface area contributed by atoms with Crippen molar-refractivity contribution in [3.05, 3.63) is 64.2 Å². The van der Waals surface area contributed by atoms with Gasteiger partial charge in [0.05, 0.1) is 11.4 Å². The molecule has 3 rings (SSSR count). The van der Waals surface area contributed by atoms with Crippen LogP contribution in [0.5, 0.6) is 0 Å². The first-order valence-electron chi connectivity index (χ1n) is 7.58. The van der Waals surface area contributed by atoms with E-state index in [0.29, 0.717) is 15.3 Å². The fraction of sp³-hybridized carbons (Fsp3) is 0.176. The van der Waals surface area contributed by atoms with Crippen LogP contribution in [-0.4, -0.2) is 31.5 Å². The van der Waals surface area contributed by atoms with Gasteiger partial charge in [-0.05, 0) is 30.7 Å². The normalized spacial score (nSPS) is 10.7. The first kappa shape index (κ1) is 18.7. The van der Waals surface area contributed by atoms with Gasteiger partial charge in [-0.3, -0.25) is 9.36 Å². The van der Waals surface area contributed by atoms with Gasteiger partial charge in [0.15, 0.2) is 5.16 Å². The molecular weight excluding hydrogens is 395 g/mol. The Morgan fingerprint density at radius 2 is 2.12 bits per heavy atom. The molecule has 0 aliphatic rings. The summed E-state index contributed by atoms with van der Waals surface area (Å²) in [6.45, 7) is 2.07. The zero-order valence-electron chi connectivity index (χ0n) is 13.7. The number of thioether (sulfide) groups is 1. The minimum atomic E-state index is -0.360. The van der Waals surface area contributed by atoms with E-state index >= 15 is 0 Å². The minimum Gasteiger partial charge on any atom is -0.460 e. The lowest BCUT2D eigenvalue weighted by atomic mass is 10.2. The molecule has 0 saturated heterocycles. The maximum atomic E-state index is 12.0. The monoisotopic (exact) mass is 408 g/mol. The summed E-state index contributed by atoms with van der Waals surface area (Å²) in [7, 11) is 0. The van der Waals surface area contributed by atoms with Crippen LogP contribution < -0.4 is 0 Å². The molecule has 0 N–H and O–H groups in total. The second-order valence-electron chi connectivity index (χ2n) is 5.36. The number of hydrogen-bond donors (Lipinski definition) is 0. The maximum absolute atomic E-state index is 12.0. The van der Waals surface area contributed by atoms with Crippen LogP contribution in [0.1, 0.15) is 11.1 Å². The van der Waals surface area contributed by atoms with Crippen molar-refractivity contribution in [2.24, 2.45) is 0 Å². The number of ether oxygens (including phenoxy) is 1. The van der Waals surface area contributed by atoms with Crippen LogP contribution in [0.3, 0.4) is 0 Å². The molecule has 6 nitrogen and oxygen atoms in total. The molecular formula is C17H14Cl2N4O2S. The summed E-state index contributed by atoms with van der Waals surface area (Å²) in [5, 5.41) is 9.58. The van der Waals surface area contributed by atoms with Crippen molar-refractivity contribution in [1.82, 2.24) is 19.7 Å². The van der Waals surface area contributed by atoms with E-state index < -0.39 is 0 Å². The summed E-state index contributed by atoms with van der Waals surface area (Å²) < 4.78 is 7.00. The number of hydrogen-bond acceptors (Lipinski definition) is 6. The van der Waals surface area contributed by atoms with Gasteiger partial charge in [-0.1, -0.05) is 47.1 Å². The Kier molecular flexibility index (Phi) is 6.13. The molecule has 134 valence electrons. The molecule has 0 aliphatic heterocycles. The largest absolute Gasteiger partial charge is 0.460 e. The fourth-order valence-corrected chi connectivity index (χ4v) is 3.07. The van der Waals surface area contributed by atoms with E-state index in [1.165, 1.54) is 11.8 Å². The molecule has 0 atom stereocenters. The lowest BCUT2D eigenvalue weighted by Crippen LogP contribution is -2.08. The Balaban J connectivity index is 1.58. The topological polar surface area (TPSA) is 69.9 Å². The number of carbonyl (C=O) groups is 1. The molecule has 0 fully saturated rings. The molecule has 26 heavy (non-hydrogen) atoms. The van der Waals surface area contributed by atoms with Gasteiger partial charge >= 0.3 is 5.97 Å². The molecule has 2 aromatic heterocycles. The van der Waals surface area contributed by atoms with E-state index in [0.717, 1.165) is 16.8 Å². The van der Waals surface area contributed by atoms with Gasteiger partial charge in [-0.2, -0.15) is 0 Å². The quantitative estimate of drug-likeness (QED) is 0.347. The summed E-state index contributed by atoms with van der Waals surface area (Å²) in [4.78, 5) is 15.9. The molecule has 9 heteroatoms. The number of carbonyl (C=O) groups excluding carboxylic acids is 1. The molecule has 0 bridgehead atoms. The molecule has 0 saturated carbocycles. The van der Waals surface area contributed by atoms with E-state index in [2.05, 4.69) is 15.2 Å². The highest BCUT2D eigenvalue weighted by atomic mass is 35.5. The van der Waals surface area contributed by atoms with Crippen LogP contribution in [0.25, 0.3) is 5.69 Å². The Labute approximate surface area is 164 Å². The van der Waals surface area contributed by atoms with Gasteiger partial charge in [-0.25, -0.2) is 4.98 Å². The van der Waals surface area contributed by atoms with Crippen molar-refractivity contribution in [3.8, 4) is 5.69 Å². The summed E-state index contributed by atoms with van der Waals surface area (Å²) in [6, 6.07) is 9.07. The summed E-state index contributed by atoms with van der Waals surface area (Å²) in [5.41, 5.74) is 2.58. The van der Waals surface area contributed by atoms with Gasteiger partial charge < -0.3 is 4.74 Å². The van der Waals surface area contributed by atoms with Crippen molar-refractivity contribution in [2.45, 2.75) is 18.7 Å². The first-order chi connectivity index (χ1) is 12.5. The van der Waals surface area contributed by atoms with Crippen molar-refractivity contribution >= 4 is 40.9 Å². The van der Waals surface area contributed by atoms with Crippen molar-refractivity contribution in [3.63, 3.8) is 0 Å². The molecule has 3 aromatic rings. The predicted octanol–water partition coefficient (Wildman–Crippen LogP) is 4.11. The van der Waals surface area contributed by atoms with Crippen LogP contribution in [0, 0.1) is 6.92 Å². The highest BCUT2D eigenvalue weighted by molar-refractivity contribution is 7.99. The van der Waals surface area contributed by atoms with Crippen molar-refractivity contribution in [2.75, 3.05) is 5.75 Å². The van der Waals surface area contributed by atoms with Crippen LogP contribution >= 0.6 is 35.0 Å². The zero-order valence-corrected chi connectivity index (χ0v) is 16.1. The van der Waals surface area contributed by atoms with Gasteiger partial charge in [0, 0.05) is 16.8 Å². The van der Waals surface area contributed by atoms with Gasteiger partial charge in [0.2, 0.25) is 0 Å². The van der Waals surface area contributed by atoms with Crippen molar-refractivity contribution in [1.29, 1.82) is 0 Å². The summed E-state index contributed by atoms with van der Waals surface area (Å²) >= 11 is 13.1. The first-order valence-corrected chi connectivity index (χ1v) is 9.32. The highest BCUT2D eigenvalue weighted by Crippen LogP contribution is 2.23. The Hall–Kier alpha value is -2.09. The lowest BCUT2D eigenvalue weighted by molar-refractivity contribution is -0.141. The highest BCUT2D eigenvalue weighted by Gasteiger charge is 2.12. The van der Waals surface area contributed by atoms with Crippen LogP contribution in [0.2, 0.25) is 10.2 Å². The second-order valence-corrected chi connectivity index (χ2v) is 7.09. The number of benzene rings is 1. The number of aryl methyl sites for hydroxylation is 1. The third-order valence-electron chi connectivity index (χ3n) is 3.46. The Bertz CT molecular complexity index is 915. The average molecular weight is 409 g/mol. The second kappa shape index (κ2) is 8.53. The van der Waals surface area contributed by atoms with Crippen LogP contribution in [0.15, 0.2) is 48.0 Å². The van der Waals surface area contributed by atoms with E-state index in [-0.39, 0.29) is 18.3 Å². The summed E-state index contributed by atoms with van der Waals surface area (Å²) in [6.07, 6.45) is 3.15. The average Bonchev–Trinajstić information content (AvgIpc) is 3.10. The number of esters is 1. The Morgan fingerprint density at radius 3 is 2.85 bits per heavy atom. The smallest absolute Gasteiger partial charge is 0.316 e. The lowest BCUT2D eigenvalue weighted by Gasteiger charge is -2.08. The molecule has 0 unspecified atom stereocenters. The van der Waals surface area contributed by atoms with Gasteiger partial charge in [0.1, 0.15) is 18.1 Å². The number of halogens is 2. The SMILES string of the molecule is Cc1ccc(-n2cnnc2SCC(=O)OCc2ccc(Cl)nc2)cc1Cl. The van der Waals surface area contributed by atoms with Gasteiger partial charge in [0.25, 0.3) is 0 Å². The fourth-order valence-electron chi connectivity index (χ4n) is 2.05. The molecule has 0 amide bonds. The zero-order chi connectivity index (χ0) is 18.5. The van der Waals surface area contributed by atoms with E-state index in [9.17, 15) is 4.79 Å². The van der Waals surface area contributed by atoms with E-state index in [1.807, 2.05) is 25.1 Å². The molecule has 0 spiro atoms. The third kappa shape index (κ3) is 4.75. The standard InChI is InChI=1S/C17H14Cl2N4O2S/c1-11-2-4-13(6-14(11)18)23-10-21-22-17(23)26-9-16(24)25-8-12-3-5-15(19)20-7-12/h2-7,10H,8-9H2,1H3. The van der Waals surface area contributed by atoms with Crippen LogP contribution in [0.4, 0.5) is 0 Å². The van der Waals surface area contributed by atoms with E-state index in [1.54, 1.807) is 29.2 Å². The molecule has 0 aliphatic carbocycles. The van der Waals surface area contributed by atoms with Gasteiger partial charge in [-0.15, -0.1) is 10.2 Å².